The van der Waals surface area contributed by atoms with Gasteiger partial charge in [0.15, 0.2) is 0 Å². The van der Waals surface area contributed by atoms with E-state index in [0.717, 1.165) is 6.29 Å². The van der Waals surface area contributed by atoms with Gasteiger partial charge < -0.3 is 0 Å². The summed E-state index contributed by atoms with van der Waals surface area (Å²) in [6, 6.07) is 0. The van der Waals surface area contributed by atoms with Crippen LogP contribution in [0.2, 0.25) is 0 Å². The molecular weight excluding hydrogens is 120 g/mol. The van der Waals surface area contributed by atoms with E-state index in [1.807, 2.05) is 0 Å². The number of hydrogen-bond acceptors (Lipinski definition) is 2. The average Bonchev–Trinajstić information content (AvgIpc) is 1.83. The van der Waals surface area contributed by atoms with Gasteiger partial charge in [-0.15, -0.1) is 6.58 Å². The Hall–Kier alpha value is -0.500. The molecular formula is C6H8OS. The minimum absolute atomic E-state index is 0.604. The van der Waals surface area contributed by atoms with Crippen molar-refractivity contribution in [2.75, 3.05) is 0 Å². The summed E-state index contributed by atoms with van der Waals surface area (Å²) in [7, 11) is 0. The summed E-state index contributed by atoms with van der Waals surface area (Å²) >= 11 is 3.79. The average molecular weight is 128 g/mol. The van der Waals surface area contributed by atoms with Gasteiger partial charge in [-0.2, -0.15) is 12.6 Å². The normalized spacial score (nSPS) is 10.9. The van der Waals surface area contributed by atoms with Crippen molar-refractivity contribution in [1.82, 2.24) is 0 Å². The van der Waals surface area contributed by atoms with E-state index in [2.05, 4.69) is 19.2 Å². The Morgan fingerprint density at radius 3 is 2.50 bits per heavy atom. The Balaban J connectivity index is 3.71. The van der Waals surface area contributed by atoms with Crippen LogP contribution < -0.4 is 0 Å². The monoisotopic (exact) mass is 128 g/mol. The fourth-order valence-corrected chi connectivity index (χ4v) is 0.464. The van der Waals surface area contributed by atoms with Gasteiger partial charge in [0, 0.05) is 5.57 Å². The zero-order chi connectivity index (χ0) is 6.41. The lowest BCUT2D eigenvalue weighted by Gasteiger charge is -1.85. The highest BCUT2D eigenvalue weighted by molar-refractivity contribution is 7.83. The number of carbonyl (C=O) groups excluding carboxylic acids is 1. The van der Waals surface area contributed by atoms with Crippen LogP contribution in [0.4, 0.5) is 0 Å². The fourth-order valence-electron chi connectivity index (χ4n) is 0.298. The molecule has 8 heavy (non-hydrogen) atoms. The molecule has 0 aliphatic heterocycles. The van der Waals surface area contributed by atoms with Crippen LogP contribution in [0.15, 0.2) is 23.6 Å². The summed E-state index contributed by atoms with van der Waals surface area (Å²) in [6.45, 7) is 3.46. The van der Waals surface area contributed by atoms with Crippen LogP contribution in [0.3, 0.4) is 0 Å². The molecule has 2 heteroatoms. The smallest absolute Gasteiger partial charge is 0.146 e. The lowest BCUT2D eigenvalue weighted by atomic mass is 10.2. The zero-order valence-corrected chi connectivity index (χ0v) is 5.40. The number of carbonyl (C=O) groups is 1. The third-order valence-electron chi connectivity index (χ3n) is 0.697. The van der Waals surface area contributed by atoms with Gasteiger partial charge in [-0.25, -0.2) is 0 Å². The Kier molecular flexibility index (Phi) is 4.36. The molecule has 0 bridgehead atoms. The molecule has 0 N–H and O–H groups in total. The second kappa shape index (κ2) is 4.65. The Morgan fingerprint density at radius 1 is 1.75 bits per heavy atom. The first-order valence-electron chi connectivity index (χ1n) is 2.24. The Morgan fingerprint density at radius 2 is 2.38 bits per heavy atom. The topological polar surface area (TPSA) is 17.1 Å². The van der Waals surface area contributed by atoms with Crippen LogP contribution >= 0.6 is 12.6 Å². The number of thiol groups is 1. The highest BCUT2D eigenvalue weighted by Crippen LogP contribution is 1.97. The molecule has 44 valence electrons. The van der Waals surface area contributed by atoms with Gasteiger partial charge in [0.2, 0.25) is 0 Å². The molecule has 0 saturated heterocycles. The summed E-state index contributed by atoms with van der Waals surface area (Å²) < 4.78 is 0. The third-order valence-corrected chi connectivity index (χ3v) is 1.03. The second-order valence-corrected chi connectivity index (χ2v) is 1.57. The molecule has 1 nitrogen and oxygen atoms in total. The maximum absolute atomic E-state index is 9.96. The van der Waals surface area contributed by atoms with Crippen molar-refractivity contribution in [2.45, 2.75) is 6.42 Å². The second-order valence-electron chi connectivity index (χ2n) is 1.31. The van der Waals surface area contributed by atoms with Crippen molar-refractivity contribution >= 4 is 18.9 Å². The molecule has 0 saturated carbocycles. The van der Waals surface area contributed by atoms with E-state index in [1.54, 1.807) is 6.08 Å². The molecule has 0 spiro atoms. The summed E-state index contributed by atoms with van der Waals surface area (Å²) in [5.74, 6) is 0. The van der Waals surface area contributed by atoms with E-state index in [9.17, 15) is 4.79 Å². The van der Waals surface area contributed by atoms with Gasteiger partial charge in [0.25, 0.3) is 0 Å². The first kappa shape index (κ1) is 7.50. The molecule has 0 fully saturated rings. The zero-order valence-electron chi connectivity index (χ0n) is 4.50. The molecule has 0 heterocycles. The van der Waals surface area contributed by atoms with Crippen LogP contribution in [0.1, 0.15) is 6.42 Å². The number of allylic oxidation sites excluding steroid dienone is 2. The molecule has 0 amide bonds. The first-order valence-corrected chi connectivity index (χ1v) is 2.76. The van der Waals surface area contributed by atoms with Gasteiger partial charge in [0.1, 0.15) is 6.29 Å². The van der Waals surface area contributed by atoms with Crippen molar-refractivity contribution in [3.05, 3.63) is 23.6 Å². The highest BCUT2D eigenvalue weighted by atomic mass is 32.1. The lowest BCUT2D eigenvalue weighted by molar-refractivity contribution is -0.104. The Labute approximate surface area is 54.5 Å². The number of hydrogen-bond donors (Lipinski definition) is 1. The fraction of sp³-hybridized carbons (Fsp3) is 0.167. The van der Waals surface area contributed by atoms with Gasteiger partial charge >= 0.3 is 0 Å². The SMILES string of the molecule is C=CCC(C=O)=CS. The first-order chi connectivity index (χ1) is 3.85. The van der Waals surface area contributed by atoms with Crippen LogP contribution in [-0.4, -0.2) is 6.29 Å². The standard InChI is InChI=1S/C6H8OS/c1-2-3-6(4-7)5-8/h2,4-5,8H,1,3H2. The molecule has 0 radical (unpaired) electrons. The predicted molar refractivity (Wildman–Crippen MR) is 37.9 cm³/mol. The summed E-state index contributed by atoms with van der Waals surface area (Å²) in [6.07, 6.45) is 3.04. The van der Waals surface area contributed by atoms with E-state index in [-0.39, 0.29) is 0 Å². The third kappa shape index (κ3) is 2.64. The summed E-state index contributed by atoms with van der Waals surface area (Å²) in [4.78, 5) is 9.96. The maximum Gasteiger partial charge on any atom is 0.146 e. The minimum Gasteiger partial charge on any atom is -0.298 e. The number of rotatable bonds is 3. The van der Waals surface area contributed by atoms with Crippen molar-refractivity contribution in [3.63, 3.8) is 0 Å². The van der Waals surface area contributed by atoms with E-state index in [1.165, 1.54) is 5.41 Å². The van der Waals surface area contributed by atoms with E-state index in [4.69, 9.17) is 0 Å². The molecule has 0 unspecified atom stereocenters. The highest BCUT2D eigenvalue weighted by Gasteiger charge is 1.85. The van der Waals surface area contributed by atoms with Gasteiger partial charge in [-0.05, 0) is 11.8 Å². The largest absolute Gasteiger partial charge is 0.298 e. The molecule has 0 rings (SSSR count). The van der Waals surface area contributed by atoms with Gasteiger partial charge in [-0.1, -0.05) is 6.08 Å². The lowest BCUT2D eigenvalue weighted by Crippen LogP contribution is -1.77. The quantitative estimate of drug-likeness (QED) is 0.264. The van der Waals surface area contributed by atoms with E-state index >= 15 is 0 Å². The summed E-state index contributed by atoms with van der Waals surface area (Å²) in [5, 5.41) is 1.48. The molecule has 0 atom stereocenters. The molecule has 0 aliphatic carbocycles. The molecule has 0 aromatic rings. The maximum atomic E-state index is 9.96. The van der Waals surface area contributed by atoms with Crippen molar-refractivity contribution < 1.29 is 4.79 Å². The molecule has 0 aromatic carbocycles. The van der Waals surface area contributed by atoms with E-state index < -0.39 is 0 Å². The Bertz CT molecular complexity index is 116. The van der Waals surface area contributed by atoms with Crippen LogP contribution in [0.5, 0.6) is 0 Å². The van der Waals surface area contributed by atoms with Crippen LogP contribution in [0, 0.1) is 0 Å². The van der Waals surface area contributed by atoms with Crippen molar-refractivity contribution in [2.24, 2.45) is 0 Å². The predicted octanol–water partition coefficient (Wildman–Crippen LogP) is 1.58. The van der Waals surface area contributed by atoms with Crippen LogP contribution in [0.25, 0.3) is 0 Å². The van der Waals surface area contributed by atoms with Crippen molar-refractivity contribution in [1.29, 1.82) is 0 Å². The van der Waals surface area contributed by atoms with Crippen molar-refractivity contribution in [3.8, 4) is 0 Å². The van der Waals surface area contributed by atoms with Crippen LogP contribution in [-0.2, 0) is 4.79 Å². The van der Waals surface area contributed by atoms with Gasteiger partial charge in [0.05, 0.1) is 0 Å². The molecule has 0 aromatic heterocycles. The molecule has 0 aliphatic rings. The number of aldehydes is 1. The van der Waals surface area contributed by atoms with Gasteiger partial charge in [-0.3, -0.25) is 4.79 Å². The van der Waals surface area contributed by atoms with E-state index in [0.29, 0.717) is 12.0 Å². The minimum atomic E-state index is 0.604. The summed E-state index contributed by atoms with van der Waals surface area (Å²) in [5.41, 5.74) is 0.656.